The standard InChI is InChI=1S/C14H16N4S/c1-8(2)12-16-17-13-11-9-5-3-4-6-10(9)19-14(11)15-7-18(12)13/h7-8H,3-6H2,1-2H3. The highest BCUT2D eigenvalue weighted by molar-refractivity contribution is 7.19. The normalized spacial score (nSPS) is 15.5. The Kier molecular flexibility index (Phi) is 2.39. The van der Waals surface area contributed by atoms with Crippen molar-refractivity contribution >= 4 is 27.2 Å². The minimum Gasteiger partial charge on any atom is -0.268 e. The quantitative estimate of drug-likeness (QED) is 0.682. The van der Waals surface area contributed by atoms with E-state index in [-0.39, 0.29) is 0 Å². The number of thiophene rings is 1. The maximum absolute atomic E-state index is 4.63. The molecule has 1 aliphatic rings. The molecule has 3 aromatic heterocycles. The number of hydrogen-bond donors (Lipinski definition) is 0. The summed E-state index contributed by atoms with van der Waals surface area (Å²) in [5.41, 5.74) is 2.47. The van der Waals surface area contributed by atoms with Crippen LogP contribution in [0.4, 0.5) is 0 Å². The first-order valence-corrected chi connectivity index (χ1v) is 7.71. The summed E-state index contributed by atoms with van der Waals surface area (Å²) in [7, 11) is 0. The highest BCUT2D eigenvalue weighted by Gasteiger charge is 2.21. The first-order valence-electron chi connectivity index (χ1n) is 6.89. The zero-order valence-corrected chi connectivity index (χ0v) is 12.0. The number of aromatic nitrogens is 4. The molecule has 0 N–H and O–H groups in total. The van der Waals surface area contributed by atoms with E-state index in [0.717, 1.165) is 16.3 Å². The van der Waals surface area contributed by atoms with Gasteiger partial charge < -0.3 is 0 Å². The fourth-order valence-corrected chi connectivity index (χ4v) is 4.19. The third-order valence-electron chi connectivity index (χ3n) is 3.91. The zero-order valence-electron chi connectivity index (χ0n) is 11.2. The van der Waals surface area contributed by atoms with Gasteiger partial charge in [-0.05, 0) is 31.2 Å². The first kappa shape index (κ1) is 11.3. The van der Waals surface area contributed by atoms with E-state index in [1.54, 1.807) is 0 Å². The maximum Gasteiger partial charge on any atom is 0.172 e. The number of fused-ring (bicyclic) bond motifs is 5. The molecular formula is C14H16N4S. The molecule has 19 heavy (non-hydrogen) atoms. The van der Waals surface area contributed by atoms with Crippen molar-refractivity contribution in [2.75, 3.05) is 0 Å². The largest absolute Gasteiger partial charge is 0.268 e. The van der Waals surface area contributed by atoms with Crippen LogP contribution < -0.4 is 0 Å². The van der Waals surface area contributed by atoms with E-state index in [2.05, 4.69) is 33.4 Å². The van der Waals surface area contributed by atoms with Crippen molar-refractivity contribution in [2.45, 2.75) is 45.4 Å². The highest BCUT2D eigenvalue weighted by atomic mass is 32.1. The van der Waals surface area contributed by atoms with Gasteiger partial charge in [-0.2, -0.15) is 0 Å². The fraction of sp³-hybridized carbons (Fsp3) is 0.500. The molecule has 0 amide bonds. The van der Waals surface area contributed by atoms with Crippen molar-refractivity contribution in [2.24, 2.45) is 0 Å². The molecule has 0 bridgehead atoms. The van der Waals surface area contributed by atoms with Gasteiger partial charge in [0, 0.05) is 10.8 Å². The molecule has 0 radical (unpaired) electrons. The molecule has 98 valence electrons. The summed E-state index contributed by atoms with van der Waals surface area (Å²) in [4.78, 5) is 7.27. The van der Waals surface area contributed by atoms with E-state index in [4.69, 9.17) is 0 Å². The van der Waals surface area contributed by atoms with E-state index in [9.17, 15) is 0 Å². The Labute approximate surface area is 115 Å². The fourth-order valence-electron chi connectivity index (χ4n) is 2.96. The predicted molar refractivity (Wildman–Crippen MR) is 76.9 cm³/mol. The van der Waals surface area contributed by atoms with Crippen LogP contribution in [-0.2, 0) is 12.8 Å². The van der Waals surface area contributed by atoms with Crippen LogP contribution in [0.15, 0.2) is 6.33 Å². The van der Waals surface area contributed by atoms with Crippen LogP contribution in [0.5, 0.6) is 0 Å². The summed E-state index contributed by atoms with van der Waals surface area (Å²) in [5.74, 6) is 1.36. The van der Waals surface area contributed by atoms with E-state index < -0.39 is 0 Å². The second kappa shape index (κ2) is 4.00. The Bertz CT molecular complexity index is 769. The van der Waals surface area contributed by atoms with Crippen LogP contribution in [0.3, 0.4) is 0 Å². The Hall–Kier alpha value is -1.49. The Morgan fingerprint density at radius 3 is 2.89 bits per heavy atom. The highest BCUT2D eigenvalue weighted by Crippen LogP contribution is 2.37. The Morgan fingerprint density at radius 1 is 1.21 bits per heavy atom. The molecule has 1 aliphatic carbocycles. The van der Waals surface area contributed by atoms with Crippen LogP contribution in [0, 0.1) is 0 Å². The molecule has 3 aromatic rings. The van der Waals surface area contributed by atoms with Crippen molar-refractivity contribution < 1.29 is 0 Å². The zero-order chi connectivity index (χ0) is 13.0. The molecule has 0 atom stereocenters. The van der Waals surface area contributed by atoms with Gasteiger partial charge in [0.25, 0.3) is 0 Å². The molecule has 0 saturated carbocycles. The molecule has 0 unspecified atom stereocenters. The average molecular weight is 272 g/mol. The van der Waals surface area contributed by atoms with Crippen LogP contribution in [0.1, 0.15) is 48.9 Å². The molecular weight excluding hydrogens is 256 g/mol. The van der Waals surface area contributed by atoms with Crippen LogP contribution >= 0.6 is 11.3 Å². The molecule has 0 aliphatic heterocycles. The van der Waals surface area contributed by atoms with Crippen molar-refractivity contribution in [1.82, 2.24) is 19.6 Å². The maximum atomic E-state index is 4.63. The monoisotopic (exact) mass is 272 g/mol. The van der Waals surface area contributed by atoms with Gasteiger partial charge >= 0.3 is 0 Å². The summed E-state index contributed by atoms with van der Waals surface area (Å²) < 4.78 is 2.06. The van der Waals surface area contributed by atoms with E-state index in [1.165, 1.54) is 41.5 Å². The van der Waals surface area contributed by atoms with Crippen molar-refractivity contribution in [3.63, 3.8) is 0 Å². The van der Waals surface area contributed by atoms with Crippen LogP contribution in [-0.4, -0.2) is 19.6 Å². The van der Waals surface area contributed by atoms with E-state index in [0.29, 0.717) is 5.92 Å². The van der Waals surface area contributed by atoms with Gasteiger partial charge in [-0.3, -0.25) is 4.40 Å². The van der Waals surface area contributed by atoms with Gasteiger partial charge in [0.05, 0.1) is 5.39 Å². The topological polar surface area (TPSA) is 43.1 Å². The molecule has 4 nitrogen and oxygen atoms in total. The molecule has 0 aromatic carbocycles. The van der Waals surface area contributed by atoms with Gasteiger partial charge in [0.2, 0.25) is 0 Å². The molecule has 3 heterocycles. The average Bonchev–Trinajstić information content (AvgIpc) is 2.98. The van der Waals surface area contributed by atoms with Gasteiger partial charge in [0.1, 0.15) is 17.0 Å². The number of nitrogens with zero attached hydrogens (tertiary/aromatic N) is 4. The first-order chi connectivity index (χ1) is 9.25. The van der Waals surface area contributed by atoms with Crippen molar-refractivity contribution in [1.29, 1.82) is 0 Å². The summed E-state index contributed by atoms with van der Waals surface area (Å²) in [6.45, 7) is 4.29. The lowest BCUT2D eigenvalue weighted by molar-refractivity contribution is 0.700. The number of hydrogen-bond acceptors (Lipinski definition) is 4. The molecule has 0 saturated heterocycles. The lowest BCUT2D eigenvalue weighted by Crippen LogP contribution is -2.00. The number of rotatable bonds is 1. The van der Waals surface area contributed by atoms with Gasteiger partial charge in [-0.25, -0.2) is 4.98 Å². The Balaban J connectivity index is 2.10. The summed E-state index contributed by atoms with van der Waals surface area (Å²) >= 11 is 1.84. The van der Waals surface area contributed by atoms with Gasteiger partial charge in [-0.1, -0.05) is 13.8 Å². The molecule has 5 heteroatoms. The van der Waals surface area contributed by atoms with Crippen molar-refractivity contribution in [3.05, 3.63) is 22.6 Å². The van der Waals surface area contributed by atoms with E-state index >= 15 is 0 Å². The minimum atomic E-state index is 0.365. The van der Waals surface area contributed by atoms with Crippen LogP contribution in [0.25, 0.3) is 15.9 Å². The van der Waals surface area contributed by atoms with Gasteiger partial charge in [-0.15, -0.1) is 21.5 Å². The summed E-state index contributed by atoms with van der Waals surface area (Å²) in [5, 5.41) is 10.0. The lowest BCUT2D eigenvalue weighted by atomic mass is 9.97. The predicted octanol–water partition coefficient (Wildman–Crippen LogP) is 3.34. The summed E-state index contributed by atoms with van der Waals surface area (Å²) in [6, 6.07) is 0. The third kappa shape index (κ3) is 1.54. The lowest BCUT2D eigenvalue weighted by Gasteiger charge is -2.10. The molecule has 0 spiro atoms. The smallest absolute Gasteiger partial charge is 0.172 e. The minimum absolute atomic E-state index is 0.365. The second-order valence-electron chi connectivity index (χ2n) is 5.54. The molecule has 0 fully saturated rings. The van der Waals surface area contributed by atoms with Gasteiger partial charge in [0.15, 0.2) is 5.65 Å². The SMILES string of the molecule is CC(C)c1nnc2c3c4c(sc3ncn12)CCCC4. The number of aryl methyl sites for hydroxylation is 2. The van der Waals surface area contributed by atoms with Crippen molar-refractivity contribution in [3.8, 4) is 0 Å². The second-order valence-corrected chi connectivity index (χ2v) is 6.63. The third-order valence-corrected chi connectivity index (χ3v) is 5.11. The summed E-state index contributed by atoms with van der Waals surface area (Å²) in [6.07, 6.45) is 6.84. The Morgan fingerprint density at radius 2 is 2.05 bits per heavy atom. The van der Waals surface area contributed by atoms with Crippen LogP contribution in [0.2, 0.25) is 0 Å². The van der Waals surface area contributed by atoms with E-state index in [1.807, 2.05) is 17.7 Å². The molecule has 4 rings (SSSR count).